The molecule has 1 aliphatic rings. The van der Waals surface area contributed by atoms with E-state index in [1.54, 1.807) is 12.1 Å². The van der Waals surface area contributed by atoms with Crippen molar-refractivity contribution in [1.82, 2.24) is 19.5 Å². The molecule has 3 aromatic carbocycles. The summed E-state index contributed by atoms with van der Waals surface area (Å²) in [6, 6.07) is 19.3. The molecule has 0 spiro atoms. The SMILES string of the molecule is Nc1ncnc2c1c(-c1ccc(-c3ccc(-c4nc5ccccc5o4)cc3)cc1F)cn2[C@H]1C[C@H](O)[C@@H](COP(=O)(O)OP(=O)(O)OP(=O)(O)O)O1. The molecular formula is C30H27FN5O13P3. The second-order valence-electron chi connectivity index (χ2n) is 11.5. The van der Waals surface area contributed by atoms with Crippen LogP contribution in [-0.2, 0) is 31.6 Å². The zero-order valence-corrected chi connectivity index (χ0v) is 28.9. The number of nitrogens with zero attached hydrogens (tertiary/aromatic N) is 4. The first-order chi connectivity index (χ1) is 24.6. The van der Waals surface area contributed by atoms with E-state index in [9.17, 15) is 28.6 Å². The van der Waals surface area contributed by atoms with Crippen molar-refractivity contribution < 1.29 is 65.1 Å². The number of phosphoric acid groups is 3. The third-order valence-electron chi connectivity index (χ3n) is 7.99. The number of rotatable bonds is 11. The normalized spacial score (nSPS) is 20.3. The third kappa shape index (κ3) is 7.63. The van der Waals surface area contributed by atoms with Crippen LogP contribution in [-0.4, -0.2) is 63.0 Å². The minimum atomic E-state index is -5.75. The van der Waals surface area contributed by atoms with Gasteiger partial charge in [-0.3, -0.25) is 4.52 Å². The summed E-state index contributed by atoms with van der Waals surface area (Å²) in [5.41, 5.74) is 10.3. The van der Waals surface area contributed by atoms with Gasteiger partial charge in [0, 0.05) is 29.3 Å². The lowest BCUT2D eigenvalue weighted by molar-refractivity contribution is -0.0421. The standard InChI is InChI=1S/C30H27FN5O13P3/c31-21-11-18(16-5-7-17(8-6-16)30-35-22-3-1-2-4-24(22)47-30)9-10-19(21)20-13-36(29-27(20)28(32)33-15-34-29)26-12-23(37)25(46-26)14-45-51(41,42)49-52(43,44)48-50(38,39)40/h1-11,13,15,23,25-26,37H,12,14H2,(H,41,42)(H,43,44)(H2,32,33,34)(H2,38,39,40)/t23-,25+,26+/m0/s1. The van der Waals surface area contributed by atoms with Crippen molar-refractivity contribution in [3.63, 3.8) is 0 Å². The van der Waals surface area contributed by atoms with Gasteiger partial charge in [-0.05, 0) is 41.5 Å². The molecule has 4 heterocycles. The Morgan fingerprint density at radius 1 is 0.904 bits per heavy atom. The molecule has 1 fully saturated rings. The number of nitrogens with two attached hydrogens (primary N) is 1. The number of phosphoric ester groups is 1. The summed E-state index contributed by atoms with van der Waals surface area (Å²) in [7, 11) is -16.8. The van der Waals surface area contributed by atoms with Gasteiger partial charge in [0.05, 0.1) is 18.1 Å². The number of ether oxygens (including phenoxy) is 1. The Labute approximate surface area is 291 Å². The third-order valence-corrected chi connectivity index (χ3v) is 11.8. The summed E-state index contributed by atoms with van der Waals surface area (Å²) in [6.45, 7) is -0.879. The van der Waals surface area contributed by atoms with Crippen molar-refractivity contribution >= 4 is 51.4 Å². The Morgan fingerprint density at radius 3 is 2.33 bits per heavy atom. The van der Waals surface area contributed by atoms with E-state index < -0.39 is 54.3 Å². The maximum absolute atomic E-state index is 15.9. The molecule has 272 valence electrons. The van der Waals surface area contributed by atoms with Crippen molar-refractivity contribution in [2.45, 2.75) is 24.9 Å². The number of para-hydroxylation sites is 2. The van der Waals surface area contributed by atoms with Crippen LogP contribution in [0.25, 0.3) is 55.8 Å². The fourth-order valence-corrected chi connectivity index (χ4v) is 8.78. The summed E-state index contributed by atoms with van der Waals surface area (Å²) < 4.78 is 75.8. The predicted octanol–water partition coefficient (Wildman–Crippen LogP) is 5.29. The maximum Gasteiger partial charge on any atom is 0.490 e. The second kappa shape index (κ2) is 13.7. The molecule has 0 amide bonds. The average Bonchev–Trinajstić information content (AvgIpc) is 3.77. The minimum Gasteiger partial charge on any atom is -0.436 e. The molecule has 0 aliphatic carbocycles. The highest BCUT2D eigenvalue weighted by Crippen LogP contribution is 2.66. The second-order valence-corrected chi connectivity index (χ2v) is 15.9. The Bertz CT molecular complexity index is 2420. The fraction of sp³-hybridized carbons (Fsp3) is 0.167. The van der Waals surface area contributed by atoms with E-state index >= 15 is 4.39 Å². The van der Waals surface area contributed by atoms with Gasteiger partial charge in [0.2, 0.25) is 5.89 Å². The predicted molar refractivity (Wildman–Crippen MR) is 180 cm³/mol. The van der Waals surface area contributed by atoms with Crippen LogP contribution in [0.1, 0.15) is 12.6 Å². The van der Waals surface area contributed by atoms with Crippen LogP contribution in [0.3, 0.4) is 0 Å². The summed E-state index contributed by atoms with van der Waals surface area (Å²) in [6.07, 6.45) is -1.09. The van der Waals surface area contributed by atoms with E-state index in [0.717, 1.165) is 16.6 Å². The van der Waals surface area contributed by atoms with E-state index in [-0.39, 0.29) is 28.8 Å². The number of aromatic nitrogens is 4. The van der Waals surface area contributed by atoms with Gasteiger partial charge in [0.1, 0.15) is 41.5 Å². The molecule has 22 heteroatoms. The molecule has 0 saturated carbocycles. The van der Waals surface area contributed by atoms with Gasteiger partial charge in [0.15, 0.2) is 5.58 Å². The molecule has 52 heavy (non-hydrogen) atoms. The average molecular weight is 777 g/mol. The first-order valence-corrected chi connectivity index (χ1v) is 19.6. The highest BCUT2D eigenvalue weighted by atomic mass is 31.3. The number of nitrogen functional groups attached to an aromatic ring is 1. The van der Waals surface area contributed by atoms with E-state index in [0.29, 0.717) is 22.6 Å². The van der Waals surface area contributed by atoms with Gasteiger partial charge in [-0.1, -0.05) is 36.4 Å². The van der Waals surface area contributed by atoms with Crippen molar-refractivity contribution in [2.24, 2.45) is 0 Å². The van der Waals surface area contributed by atoms with E-state index in [1.807, 2.05) is 48.5 Å². The number of aliphatic hydroxyl groups excluding tert-OH is 1. The van der Waals surface area contributed by atoms with E-state index in [1.165, 1.54) is 23.2 Å². The quantitative estimate of drug-likeness (QED) is 0.0912. The van der Waals surface area contributed by atoms with E-state index in [2.05, 4.69) is 28.1 Å². The number of fused-ring (bicyclic) bond motifs is 2. The van der Waals surface area contributed by atoms with Crippen molar-refractivity contribution in [1.29, 1.82) is 0 Å². The van der Waals surface area contributed by atoms with Crippen LogP contribution < -0.4 is 5.73 Å². The number of hydrogen-bond donors (Lipinski definition) is 6. The number of oxazole rings is 1. The number of hydrogen-bond acceptors (Lipinski definition) is 13. The molecule has 1 aliphatic heterocycles. The molecule has 3 aromatic heterocycles. The largest absolute Gasteiger partial charge is 0.490 e. The molecule has 2 unspecified atom stereocenters. The van der Waals surface area contributed by atoms with Crippen LogP contribution in [0, 0.1) is 5.82 Å². The molecule has 0 bridgehead atoms. The molecule has 0 radical (unpaired) electrons. The van der Waals surface area contributed by atoms with Crippen LogP contribution >= 0.6 is 23.5 Å². The molecule has 18 nitrogen and oxygen atoms in total. The molecule has 7 rings (SSSR count). The first kappa shape index (κ1) is 36.2. The number of halogens is 1. The molecule has 5 atom stereocenters. The summed E-state index contributed by atoms with van der Waals surface area (Å²) >= 11 is 0. The number of anilines is 1. The molecule has 6 aromatic rings. The Hall–Kier alpha value is -4.19. The topological polar surface area (TPSA) is 272 Å². The Balaban J connectivity index is 1.10. The van der Waals surface area contributed by atoms with Gasteiger partial charge in [0.25, 0.3) is 0 Å². The zero-order chi connectivity index (χ0) is 37.0. The molecular weight excluding hydrogens is 750 g/mol. The Kier molecular flexibility index (Phi) is 9.50. The van der Waals surface area contributed by atoms with Crippen molar-refractivity contribution in [2.75, 3.05) is 12.3 Å². The van der Waals surface area contributed by atoms with Crippen LogP contribution in [0.4, 0.5) is 10.2 Å². The smallest absolute Gasteiger partial charge is 0.436 e. The Morgan fingerprint density at radius 2 is 1.62 bits per heavy atom. The van der Waals surface area contributed by atoms with Crippen LogP contribution in [0.2, 0.25) is 0 Å². The van der Waals surface area contributed by atoms with Gasteiger partial charge < -0.3 is 44.1 Å². The van der Waals surface area contributed by atoms with Gasteiger partial charge in [-0.15, -0.1) is 0 Å². The number of aliphatic hydroxyl groups is 1. The highest BCUT2D eigenvalue weighted by molar-refractivity contribution is 7.66. The van der Waals surface area contributed by atoms with Crippen LogP contribution in [0.15, 0.2) is 83.7 Å². The minimum absolute atomic E-state index is 0.0276. The lowest BCUT2D eigenvalue weighted by atomic mass is 9.99. The van der Waals surface area contributed by atoms with Gasteiger partial charge in [-0.25, -0.2) is 33.0 Å². The molecule has 7 N–H and O–H groups in total. The fourth-order valence-electron chi connectivity index (χ4n) is 5.75. The number of benzene rings is 3. The maximum atomic E-state index is 15.9. The monoisotopic (exact) mass is 777 g/mol. The lowest BCUT2D eigenvalue weighted by Crippen LogP contribution is -2.26. The van der Waals surface area contributed by atoms with Gasteiger partial charge >= 0.3 is 23.5 Å². The molecule has 1 saturated heterocycles. The van der Waals surface area contributed by atoms with E-state index in [4.69, 9.17) is 24.7 Å². The highest BCUT2D eigenvalue weighted by Gasteiger charge is 2.43. The first-order valence-electron chi connectivity index (χ1n) is 15.0. The van der Waals surface area contributed by atoms with Crippen LogP contribution in [0.5, 0.6) is 0 Å². The van der Waals surface area contributed by atoms with Crippen molar-refractivity contribution in [3.05, 3.63) is 85.1 Å². The lowest BCUT2D eigenvalue weighted by Gasteiger charge is -2.19. The van der Waals surface area contributed by atoms with Crippen molar-refractivity contribution in [3.8, 4) is 33.7 Å². The summed E-state index contributed by atoms with van der Waals surface area (Å²) in [5.74, 6) is -0.112. The summed E-state index contributed by atoms with van der Waals surface area (Å²) in [4.78, 5) is 49.4. The summed E-state index contributed by atoms with van der Waals surface area (Å²) in [5, 5.41) is 10.9. The van der Waals surface area contributed by atoms with Gasteiger partial charge in [-0.2, -0.15) is 8.62 Å². The zero-order valence-electron chi connectivity index (χ0n) is 26.2.